The van der Waals surface area contributed by atoms with Crippen LogP contribution in [-0.4, -0.2) is 11.1 Å². The minimum atomic E-state index is -0.817. The van der Waals surface area contributed by atoms with Crippen LogP contribution in [0.2, 0.25) is 0 Å². The lowest BCUT2D eigenvalue weighted by Gasteiger charge is -1.92. The fourth-order valence-electron chi connectivity index (χ4n) is 1.45. The highest BCUT2D eigenvalue weighted by Gasteiger charge is 2.12. The van der Waals surface area contributed by atoms with Crippen LogP contribution in [0.15, 0.2) is 33.2 Å². The molecule has 1 N–H and O–H groups in total. The van der Waals surface area contributed by atoms with Crippen LogP contribution in [0.25, 0.3) is 11.0 Å². The van der Waals surface area contributed by atoms with Crippen molar-refractivity contribution in [3.05, 3.63) is 34.5 Å². The molecule has 4 heteroatoms. The third-order valence-electron chi connectivity index (χ3n) is 2.17. The van der Waals surface area contributed by atoms with Gasteiger partial charge in [-0.3, -0.25) is 4.79 Å². The van der Waals surface area contributed by atoms with E-state index in [0.717, 1.165) is 15.4 Å². The van der Waals surface area contributed by atoms with Crippen molar-refractivity contribution in [1.29, 1.82) is 0 Å². The van der Waals surface area contributed by atoms with E-state index in [4.69, 9.17) is 9.52 Å². The summed E-state index contributed by atoms with van der Waals surface area (Å²) < 4.78 is 6.40. The van der Waals surface area contributed by atoms with Crippen LogP contribution < -0.4 is 0 Å². The summed E-state index contributed by atoms with van der Waals surface area (Å²) in [6.45, 7) is 0. The van der Waals surface area contributed by atoms with Crippen molar-refractivity contribution in [2.45, 2.75) is 12.8 Å². The molecule has 0 saturated heterocycles. The second kappa shape index (κ2) is 4.06. The van der Waals surface area contributed by atoms with Crippen molar-refractivity contribution in [1.82, 2.24) is 0 Å². The first-order chi connectivity index (χ1) is 7.18. The summed E-state index contributed by atoms with van der Waals surface area (Å²) in [4.78, 5) is 10.4. The number of furan rings is 1. The average Bonchev–Trinajstić information content (AvgIpc) is 2.54. The maximum absolute atomic E-state index is 10.4. The zero-order valence-corrected chi connectivity index (χ0v) is 9.45. The monoisotopic (exact) mass is 268 g/mol. The van der Waals surface area contributed by atoms with Gasteiger partial charge in [0.25, 0.3) is 0 Å². The molecule has 3 nitrogen and oxygen atoms in total. The Morgan fingerprint density at radius 3 is 2.80 bits per heavy atom. The van der Waals surface area contributed by atoms with E-state index in [1.807, 2.05) is 24.3 Å². The number of carboxylic acids is 1. The van der Waals surface area contributed by atoms with E-state index in [-0.39, 0.29) is 6.42 Å². The van der Waals surface area contributed by atoms with E-state index in [2.05, 4.69) is 15.9 Å². The Morgan fingerprint density at radius 2 is 2.13 bits per heavy atom. The Morgan fingerprint density at radius 1 is 1.40 bits per heavy atom. The molecule has 0 saturated carbocycles. The molecule has 0 aliphatic carbocycles. The molecule has 0 fully saturated rings. The SMILES string of the molecule is O=C(O)CCc1oc2ccccc2c1Br. The number of hydrogen-bond donors (Lipinski definition) is 1. The van der Waals surface area contributed by atoms with Crippen LogP contribution >= 0.6 is 15.9 Å². The number of carbonyl (C=O) groups is 1. The third kappa shape index (κ3) is 2.04. The molecule has 1 aromatic heterocycles. The predicted molar refractivity (Wildman–Crippen MR) is 59.9 cm³/mol. The van der Waals surface area contributed by atoms with E-state index in [9.17, 15) is 4.79 Å². The van der Waals surface area contributed by atoms with Crippen molar-refractivity contribution in [2.24, 2.45) is 0 Å². The Balaban J connectivity index is 2.36. The van der Waals surface area contributed by atoms with Crippen LogP contribution in [0, 0.1) is 0 Å². The van der Waals surface area contributed by atoms with E-state index < -0.39 is 5.97 Å². The third-order valence-corrected chi connectivity index (χ3v) is 3.04. The topological polar surface area (TPSA) is 50.4 Å². The van der Waals surface area contributed by atoms with E-state index in [1.165, 1.54) is 0 Å². The Hall–Kier alpha value is -1.29. The van der Waals surface area contributed by atoms with Gasteiger partial charge >= 0.3 is 5.97 Å². The zero-order valence-electron chi connectivity index (χ0n) is 7.87. The van der Waals surface area contributed by atoms with Gasteiger partial charge in [0.05, 0.1) is 10.9 Å². The Labute approximate surface area is 94.8 Å². The summed E-state index contributed by atoms with van der Waals surface area (Å²) >= 11 is 3.42. The van der Waals surface area contributed by atoms with Crippen LogP contribution in [0.1, 0.15) is 12.2 Å². The molecule has 0 aliphatic heterocycles. The molecule has 0 atom stereocenters. The number of hydrogen-bond acceptors (Lipinski definition) is 2. The van der Waals surface area contributed by atoms with Gasteiger partial charge in [-0.1, -0.05) is 12.1 Å². The molecule has 78 valence electrons. The number of halogens is 1. The molecule has 1 heterocycles. The molecular formula is C11H9BrO3. The van der Waals surface area contributed by atoms with Crippen molar-refractivity contribution in [3.8, 4) is 0 Å². The summed E-state index contributed by atoms with van der Waals surface area (Å²) in [5.74, 6) is -0.124. The molecule has 15 heavy (non-hydrogen) atoms. The molecule has 0 radical (unpaired) electrons. The number of rotatable bonds is 3. The van der Waals surface area contributed by atoms with Crippen LogP contribution in [-0.2, 0) is 11.2 Å². The molecule has 2 aromatic rings. The Kier molecular flexibility index (Phi) is 2.77. The van der Waals surface area contributed by atoms with Gasteiger partial charge in [0.15, 0.2) is 0 Å². The lowest BCUT2D eigenvalue weighted by atomic mass is 10.2. The number of aliphatic carboxylic acids is 1. The van der Waals surface area contributed by atoms with Gasteiger partial charge in [-0.2, -0.15) is 0 Å². The molecular weight excluding hydrogens is 260 g/mol. The number of fused-ring (bicyclic) bond motifs is 1. The van der Waals surface area contributed by atoms with Crippen molar-refractivity contribution in [2.75, 3.05) is 0 Å². The van der Waals surface area contributed by atoms with E-state index in [0.29, 0.717) is 12.2 Å². The van der Waals surface area contributed by atoms with Crippen LogP contribution in [0.4, 0.5) is 0 Å². The molecule has 0 bridgehead atoms. The molecule has 0 unspecified atom stereocenters. The van der Waals surface area contributed by atoms with Crippen LogP contribution in [0.5, 0.6) is 0 Å². The van der Waals surface area contributed by atoms with Crippen molar-refractivity contribution >= 4 is 32.9 Å². The average molecular weight is 269 g/mol. The zero-order chi connectivity index (χ0) is 10.8. The van der Waals surface area contributed by atoms with Crippen LogP contribution in [0.3, 0.4) is 0 Å². The first-order valence-electron chi connectivity index (χ1n) is 4.56. The number of para-hydroxylation sites is 1. The van der Waals surface area contributed by atoms with Gasteiger partial charge in [-0.25, -0.2) is 0 Å². The second-order valence-electron chi connectivity index (χ2n) is 3.23. The largest absolute Gasteiger partial charge is 0.481 e. The summed E-state index contributed by atoms with van der Waals surface area (Å²) in [6.07, 6.45) is 0.489. The van der Waals surface area contributed by atoms with E-state index >= 15 is 0 Å². The summed E-state index contributed by atoms with van der Waals surface area (Å²) in [5.41, 5.74) is 0.782. The minimum absolute atomic E-state index is 0.0818. The van der Waals surface area contributed by atoms with Crippen molar-refractivity contribution < 1.29 is 14.3 Å². The summed E-state index contributed by atoms with van der Waals surface area (Å²) in [5, 5.41) is 9.57. The normalized spacial score (nSPS) is 10.7. The number of benzene rings is 1. The molecule has 1 aromatic carbocycles. The molecule has 0 spiro atoms. The van der Waals surface area contributed by atoms with E-state index in [1.54, 1.807) is 0 Å². The minimum Gasteiger partial charge on any atom is -0.481 e. The maximum Gasteiger partial charge on any atom is 0.303 e. The van der Waals surface area contributed by atoms with Gasteiger partial charge in [-0.05, 0) is 28.1 Å². The molecule has 2 rings (SSSR count). The standard InChI is InChI=1S/C11H9BrO3/c12-11-7-3-1-2-4-8(7)15-9(11)5-6-10(13)14/h1-4H,5-6H2,(H,13,14). The lowest BCUT2D eigenvalue weighted by molar-refractivity contribution is -0.137. The lowest BCUT2D eigenvalue weighted by Crippen LogP contribution is -1.96. The number of carboxylic acid groups (broad SMARTS) is 1. The van der Waals surface area contributed by atoms with Gasteiger partial charge in [-0.15, -0.1) is 0 Å². The highest BCUT2D eigenvalue weighted by Crippen LogP contribution is 2.31. The smallest absolute Gasteiger partial charge is 0.303 e. The quantitative estimate of drug-likeness (QED) is 0.930. The first-order valence-corrected chi connectivity index (χ1v) is 5.35. The van der Waals surface area contributed by atoms with Gasteiger partial charge in [0.2, 0.25) is 0 Å². The summed E-state index contributed by atoms with van der Waals surface area (Å²) in [6, 6.07) is 7.61. The predicted octanol–water partition coefficient (Wildman–Crippen LogP) is 3.21. The van der Waals surface area contributed by atoms with Gasteiger partial charge < -0.3 is 9.52 Å². The fourth-order valence-corrected chi connectivity index (χ4v) is 2.05. The number of aryl methyl sites for hydroxylation is 1. The molecule has 0 aliphatic rings. The highest BCUT2D eigenvalue weighted by molar-refractivity contribution is 9.10. The summed E-state index contributed by atoms with van der Waals surface area (Å²) in [7, 11) is 0. The first kappa shape index (κ1) is 10.2. The van der Waals surface area contributed by atoms with Gasteiger partial charge in [0.1, 0.15) is 11.3 Å². The van der Waals surface area contributed by atoms with Gasteiger partial charge in [0, 0.05) is 11.8 Å². The molecule has 0 amide bonds. The fraction of sp³-hybridized carbons (Fsp3) is 0.182. The Bertz CT molecular complexity index is 502. The second-order valence-corrected chi connectivity index (χ2v) is 4.02. The van der Waals surface area contributed by atoms with Crippen molar-refractivity contribution in [3.63, 3.8) is 0 Å². The maximum atomic E-state index is 10.4. The highest BCUT2D eigenvalue weighted by atomic mass is 79.9.